The SMILES string of the molecule is COc1ccc(CCN(C(=O)CCl)c2nc(-c3ccc(Cl)cc3)cs2)cc1OC. The van der Waals surface area contributed by atoms with Gasteiger partial charge in [0.25, 0.3) is 0 Å². The third kappa shape index (κ3) is 5.21. The summed E-state index contributed by atoms with van der Waals surface area (Å²) in [6.07, 6.45) is 0.624. The molecule has 5 nitrogen and oxygen atoms in total. The van der Waals surface area contributed by atoms with E-state index in [1.807, 2.05) is 47.8 Å². The molecule has 0 aliphatic rings. The zero-order valence-corrected chi connectivity index (χ0v) is 18.4. The van der Waals surface area contributed by atoms with Crippen LogP contribution < -0.4 is 14.4 Å². The number of thiazole rings is 1. The predicted octanol–water partition coefficient (Wildman–Crippen LogP) is 5.30. The number of alkyl halides is 1. The van der Waals surface area contributed by atoms with E-state index in [9.17, 15) is 4.79 Å². The molecule has 1 amide bonds. The number of anilines is 1. The van der Waals surface area contributed by atoms with Gasteiger partial charge in [-0.3, -0.25) is 9.69 Å². The highest BCUT2D eigenvalue weighted by Crippen LogP contribution is 2.30. The van der Waals surface area contributed by atoms with E-state index in [2.05, 4.69) is 4.98 Å². The van der Waals surface area contributed by atoms with Crippen LogP contribution in [0.5, 0.6) is 11.5 Å². The summed E-state index contributed by atoms with van der Waals surface area (Å²) < 4.78 is 10.6. The molecule has 0 aliphatic heterocycles. The topological polar surface area (TPSA) is 51.7 Å². The standard InChI is InChI=1S/C21H20Cl2N2O3S/c1-27-18-8-3-14(11-19(18)28-2)9-10-25(20(26)12-22)21-24-17(13-29-21)15-4-6-16(23)7-5-15/h3-8,11,13H,9-10,12H2,1-2H3. The average molecular weight is 451 g/mol. The molecule has 0 aliphatic carbocycles. The summed E-state index contributed by atoms with van der Waals surface area (Å²) in [6.45, 7) is 0.453. The second-order valence-electron chi connectivity index (χ2n) is 6.14. The number of aromatic nitrogens is 1. The lowest BCUT2D eigenvalue weighted by atomic mass is 10.1. The summed E-state index contributed by atoms with van der Waals surface area (Å²) in [4.78, 5) is 18.7. The Morgan fingerprint density at radius 2 is 1.83 bits per heavy atom. The first-order valence-electron chi connectivity index (χ1n) is 8.84. The zero-order chi connectivity index (χ0) is 20.8. The van der Waals surface area contributed by atoms with Gasteiger partial charge >= 0.3 is 0 Å². The fourth-order valence-electron chi connectivity index (χ4n) is 2.82. The molecule has 0 fully saturated rings. The third-order valence-corrected chi connectivity index (χ3v) is 5.69. The van der Waals surface area contributed by atoms with Crippen LogP contribution in [0.2, 0.25) is 5.02 Å². The average Bonchev–Trinajstić information content (AvgIpc) is 3.23. The molecule has 0 saturated carbocycles. The molecular weight excluding hydrogens is 431 g/mol. The van der Waals surface area contributed by atoms with Crippen LogP contribution in [-0.4, -0.2) is 37.5 Å². The highest BCUT2D eigenvalue weighted by atomic mass is 35.5. The van der Waals surface area contributed by atoms with Gasteiger partial charge in [0.15, 0.2) is 16.6 Å². The molecule has 8 heteroatoms. The Hall–Kier alpha value is -2.28. The van der Waals surface area contributed by atoms with E-state index in [1.54, 1.807) is 19.1 Å². The Bertz CT molecular complexity index is 976. The van der Waals surface area contributed by atoms with Gasteiger partial charge < -0.3 is 9.47 Å². The van der Waals surface area contributed by atoms with Crippen molar-refractivity contribution < 1.29 is 14.3 Å². The van der Waals surface area contributed by atoms with Crippen LogP contribution in [0.15, 0.2) is 47.8 Å². The number of carbonyl (C=O) groups excluding carboxylic acids is 1. The monoisotopic (exact) mass is 450 g/mol. The van der Waals surface area contributed by atoms with Gasteiger partial charge in [0.1, 0.15) is 5.88 Å². The summed E-state index contributed by atoms with van der Waals surface area (Å²) >= 11 is 13.2. The molecule has 0 unspecified atom stereocenters. The van der Waals surface area contributed by atoms with Crippen molar-refractivity contribution in [1.82, 2.24) is 4.98 Å². The number of hydrogen-bond acceptors (Lipinski definition) is 5. The minimum Gasteiger partial charge on any atom is -0.493 e. The molecule has 0 spiro atoms. The number of rotatable bonds is 8. The van der Waals surface area contributed by atoms with E-state index in [0.717, 1.165) is 16.8 Å². The van der Waals surface area contributed by atoms with Gasteiger partial charge in [-0.1, -0.05) is 29.8 Å². The van der Waals surface area contributed by atoms with Gasteiger partial charge in [-0.15, -0.1) is 22.9 Å². The predicted molar refractivity (Wildman–Crippen MR) is 119 cm³/mol. The summed E-state index contributed by atoms with van der Waals surface area (Å²) in [5.41, 5.74) is 2.75. The number of halogens is 2. The zero-order valence-electron chi connectivity index (χ0n) is 16.0. The smallest absolute Gasteiger partial charge is 0.243 e. The highest BCUT2D eigenvalue weighted by molar-refractivity contribution is 7.14. The molecule has 0 radical (unpaired) electrons. The lowest BCUT2D eigenvalue weighted by molar-refractivity contribution is -0.116. The number of benzene rings is 2. The Labute approximate surface area is 183 Å². The van der Waals surface area contributed by atoms with Crippen LogP contribution in [0.25, 0.3) is 11.3 Å². The van der Waals surface area contributed by atoms with Gasteiger partial charge in [0, 0.05) is 22.5 Å². The van der Waals surface area contributed by atoms with Gasteiger partial charge in [0.2, 0.25) is 5.91 Å². The minimum absolute atomic E-state index is 0.109. The summed E-state index contributed by atoms with van der Waals surface area (Å²) in [5.74, 6) is 1.02. The molecule has 2 aromatic carbocycles. The molecular formula is C21H20Cl2N2O3S. The fraction of sp³-hybridized carbons (Fsp3) is 0.238. The van der Waals surface area contributed by atoms with Gasteiger partial charge in [-0.2, -0.15) is 0 Å². The van der Waals surface area contributed by atoms with Crippen LogP contribution in [-0.2, 0) is 11.2 Å². The van der Waals surface area contributed by atoms with Crippen molar-refractivity contribution in [3.63, 3.8) is 0 Å². The second kappa shape index (κ2) is 9.96. The van der Waals surface area contributed by atoms with Crippen LogP contribution in [0.4, 0.5) is 5.13 Å². The first kappa shape index (κ1) is 21.4. The number of amides is 1. The molecule has 3 rings (SSSR count). The van der Waals surface area contributed by atoms with E-state index >= 15 is 0 Å². The van der Waals surface area contributed by atoms with E-state index < -0.39 is 0 Å². The van der Waals surface area contributed by atoms with Crippen molar-refractivity contribution in [3.8, 4) is 22.8 Å². The number of hydrogen-bond donors (Lipinski definition) is 0. The third-order valence-electron chi connectivity index (χ3n) is 4.35. The maximum Gasteiger partial charge on any atom is 0.243 e. The second-order valence-corrected chi connectivity index (χ2v) is 7.68. The van der Waals surface area contributed by atoms with E-state index in [-0.39, 0.29) is 11.8 Å². The van der Waals surface area contributed by atoms with Crippen LogP contribution in [0.3, 0.4) is 0 Å². The van der Waals surface area contributed by atoms with E-state index in [4.69, 9.17) is 32.7 Å². The lowest BCUT2D eigenvalue weighted by Crippen LogP contribution is -2.33. The largest absolute Gasteiger partial charge is 0.493 e. The molecule has 0 atom stereocenters. The normalized spacial score (nSPS) is 10.6. The highest BCUT2D eigenvalue weighted by Gasteiger charge is 2.19. The van der Waals surface area contributed by atoms with Crippen molar-refractivity contribution in [2.75, 3.05) is 31.5 Å². The Morgan fingerprint density at radius 3 is 2.48 bits per heavy atom. The number of carbonyl (C=O) groups is 1. The number of methoxy groups -OCH3 is 2. The summed E-state index contributed by atoms with van der Waals surface area (Å²) in [6, 6.07) is 13.1. The van der Waals surface area contributed by atoms with Crippen molar-refractivity contribution in [2.24, 2.45) is 0 Å². The van der Waals surface area contributed by atoms with Crippen molar-refractivity contribution in [3.05, 3.63) is 58.4 Å². The summed E-state index contributed by atoms with van der Waals surface area (Å²) in [5, 5.41) is 3.20. The van der Waals surface area contributed by atoms with Gasteiger partial charge in [-0.05, 0) is 36.2 Å². The van der Waals surface area contributed by atoms with Crippen LogP contribution >= 0.6 is 34.5 Å². The molecule has 3 aromatic rings. The Kier molecular flexibility index (Phi) is 7.36. The Balaban J connectivity index is 1.79. The number of ether oxygens (including phenoxy) is 2. The van der Waals surface area contributed by atoms with Crippen LogP contribution in [0, 0.1) is 0 Å². The maximum atomic E-state index is 12.4. The molecule has 29 heavy (non-hydrogen) atoms. The van der Waals surface area contributed by atoms with E-state index in [1.165, 1.54) is 11.3 Å². The maximum absolute atomic E-state index is 12.4. The molecule has 1 aromatic heterocycles. The van der Waals surface area contributed by atoms with Gasteiger partial charge in [0.05, 0.1) is 19.9 Å². The fourth-order valence-corrected chi connectivity index (χ4v) is 3.97. The van der Waals surface area contributed by atoms with Crippen LogP contribution in [0.1, 0.15) is 5.56 Å². The minimum atomic E-state index is -0.191. The number of nitrogens with zero attached hydrogens (tertiary/aromatic N) is 2. The van der Waals surface area contributed by atoms with E-state index in [0.29, 0.717) is 34.6 Å². The first-order chi connectivity index (χ1) is 14.0. The Morgan fingerprint density at radius 1 is 1.10 bits per heavy atom. The van der Waals surface area contributed by atoms with Crippen molar-refractivity contribution >= 4 is 45.6 Å². The van der Waals surface area contributed by atoms with Gasteiger partial charge in [-0.25, -0.2) is 4.98 Å². The molecule has 1 heterocycles. The quantitative estimate of drug-likeness (QED) is 0.437. The molecule has 152 valence electrons. The first-order valence-corrected chi connectivity index (χ1v) is 10.6. The lowest BCUT2D eigenvalue weighted by Gasteiger charge is -2.19. The van der Waals surface area contributed by atoms with Crippen molar-refractivity contribution in [2.45, 2.75) is 6.42 Å². The van der Waals surface area contributed by atoms with Crippen molar-refractivity contribution in [1.29, 1.82) is 0 Å². The summed E-state index contributed by atoms with van der Waals surface area (Å²) in [7, 11) is 3.19. The molecule has 0 saturated heterocycles. The molecule has 0 bridgehead atoms. The molecule has 0 N–H and O–H groups in total.